The van der Waals surface area contributed by atoms with Crippen LogP contribution in [0.1, 0.15) is 12.8 Å². The number of ether oxygens (including phenoxy) is 1. The van der Waals surface area contributed by atoms with E-state index in [0.717, 1.165) is 16.5 Å². The van der Waals surface area contributed by atoms with Crippen LogP contribution in [0.25, 0.3) is 10.8 Å². The fourth-order valence-electron chi connectivity index (χ4n) is 3.62. The Hall–Kier alpha value is -3.60. The molecule has 3 aromatic carbocycles. The number of hydrogen-bond acceptors (Lipinski definition) is 4. The fourth-order valence-corrected chi connectivity index (χ4v) is 3.62. The number of carboxylic acid groups (broad SMARTS) is 1. The van der Waals surface area contributed by atoms with Crippen molar-refractivity contribution >= 4 is 28.3 Å². The summed E-state index contributed by atoms with van der Waals surface area (Å²) in [6.45, 7) is 0. The number of anilines is 1. The van der Waals surface area contributed by atoms with Gasteiger partial charge in [-0.3, -0.25) is 4.79 Å². The summed E-state index contributed by atoms with van der Waals surface area (Å²) in [4.78, 5) is 23.8. The maximum absolute atomic E-state index is 12.5. The number of amides is 1. The van der Waals surface area contributed by atoms with E-state index in [2.05, 4.69) is 5.32 Å². The maximum atomic E-state index is 12.5. The predicted molar refractivity (Wildman–Crippen MR) is 109 cm³/mol. The highest BCUT2D eigenvalue weighted by Gasteiger charge is 2.29. The van der Waals surface area contributed by atoms with Gasteiger partial charge < -0.3 is 20.0 Å². The molecule has 5 heteroatoms. The Bertz CT molecular complexity index is 1070. The van der Waals surface area contributed by atoms with Crippen LogP contribution in [0.3, 0.4) is 0 Å². The Labute approximate surface area is 168 Å². The minimum Gasteiger partial charge on any atom is -0.550 e. The van der Waals surface area contributed by atoms with E-state index in [1.807, 2.05) is 48.5 Å². The summed E-state index contributed by atoms with van der Waals surface area (Å²) >= 11 is 0. The standard InChI is InChI=1S/C24H21NO4/c26-23(20-9-3-4-10-21(20)24(27)28)25-17-12-14-18(15-13-17)29-22-11-5-7-16-6-1-2-8-19(16)22/h1-8,11-15,20-21H,9-10H2,(H,25,26)(H,27,28)/p-1/t20-,21-/m0/s1. The number of allylic oxidation sites excluding steroid dienone is 2. The second-order valence-electron chi connectivity index (χ2n) is 7.07. The lowest BCUT2D eigenvalue weighted by atomic mass is 9.82. The Morgan fingerprint density at radius 1 is 0.862 bits per heavy atom. The molecule has 1 aliphatic rings. The number of rotatable bonds is 5. The van der Waals surface area contributed by atoms with E-state index in [4.69, 9.17) is 4.74 Å². The summed E-state index contributed by atoms with van der Waals surface area (Å²) in [5, 5.41) is 16.2. The third-order valence-electron chi connectivity index (χ3n) is 5.17. The lowest BCUT2D eigenvalue weighted by Crippen LogP contribution is -2.41. The van der Waals surface area contributed by atoms with E-state index < -0.39 is 17.8 Å². The third kappa shape index (κ3) is 4.14. The van der Waals surface area contributed by atoms with Gasteiger partial charge >= 0.3 is 0 Å². The van der Waals surface area contributed by atoms with Crippen molar-refractivity contribution in [1.29, 1.82) is 0 Å². The van der Waals surface area contributed by atoms with Gasteiger partial charge in [-0.25, -0.2) is 0 Å². The summed E-state index contributed by atoms with van der Waals surface area (Å²) in [7, 11) is 0. The van der Waals surface area contributed by atoms with Crippen LogP contribution in [-0.4, -0.2) is 11.9 Å². The molecule has 2 atom stereocenters. The van der Waals surface area contributed by atoms with Gasteiger partial charge in [0.1, 0.15) is 11.5 Å². The highest BCUT2D eigenvalue weighted by Crippen LogP contribution is 2.31. The summed E-state index contributed by atoms with van der Waals surface area (Å²) in [6, 6.07) is 20.9. The summed E-state index contributed by atoms with van der Waals surface area (Å²) in [5.74, 6) is -1.52. The molecule has 0 aromatic heterocycles. The largest absolute Gasteiger partial charge is 0.550 e. The molecule has 1 amide bonds. The lowest BCUT2D eigenvalue weighted by Gasteiger charge is -2.28. The van der Waals surface area contributed by atoms with Crippen molar-refractivity contribution in [3.05, 3.63) is 78.9 Å². The molecule has 1 N–H and O–H groups in total. The van der Waals surface area contributed by atoms with Crippen LogP contribution in [0.2, 0.25) is 0 Å². The number of hydrogen-bond donors (Lipinski definition) is 1. The van der Waals surface area contributed by atoms with E-state index in [9.17, 15) is 14.7 Å². The molecular weight excluding hydrogens is 366 g/mol. The quantitative estimate of drug-likeness (QED) is 0.675. The first-order valence-corrected chi connectivity index (χ1v) is 9.54. The van der Waals surface area contributed by atoms with Crippen molar-refractivity contribution < 1.29 is 19.4 Å². The number of aliphatic carboxylic acids is 1. The maximum Gasteiger partial charge on any atom is 0.228 e. The van der Waals surface area contributed by atoms with Gasteiger partial charge in [-0.05, 0) is 48.6 Å². The van der Waals surface area contributed by atoms with Crippen LogP contribution in [0, 0.1) is 11.8 Å². The van der Waals surface area contributed by atoms with Gasteiger partial charge in [0.2, 0.25) is 5.91 Å². The number of carboxylic acids is 1. The van der Waals surface area contributed by atoms with E-state index in [0.29, 0.717) is 24.3 Å². The highest BCUT2D eigenvalue weighted by atomic mass is 16.5. The van der Waals surface area contributed by atoms with Crippen molar-refractivity contribution in [3.8, 4) is 11.5 Å². The SMILES string of the molecule is O=C([O-])[C@H]1CC=CC[C@@H]1C(=O)Nc1ccc(Oc2cccc3ccccc23)cc1. The first kappa shape index (κ1) is 18.7. The molecular formula is C24H20NO4-. The molecule has 0 fully saturated rings. The minimum absolute atomic E-state index is 0.314. The van der Waals surface area contributed by atoms with Crippen LogP contribution < -0.4 is 15.2 Å². The number of fused-ring (bicyclic) bond motifs is 1. The zero-order valence-corrected chi connectivity index (χ0v) is 15.7. The number of carbonyl (C=O) groups excluding carboxylic acids is 2. The van der Waals surface area contributed by atoms with E-state index in [1.165, 1.54) is 0 Å². The molecule has 0 saturated carbocycles. The molecule has 5 nitrogen and oxygen atoms in total. The van der Waals surface area contributed by atoms with Gasteiger partial charge in [0.25, 0.3) is 0 Å². The van der Waals surface area contributed by atoms with Gasteiger partial charge in [-0.1, -0.05) is 48.6 Å². The lowest BCUT2D eigenvalue weighted by molar-refractivity contribution is -0.313. The Kier molecular flexibility index (Phi) is 5.29. The average Bonchev–Trinajstić information content (AvgIpc) is 2.75. The van der Waals surface area contributed by atoms with Crippen molar-refractivity contribution in [3.63, 3.8) is 0 Å². The topological polar surface area (TPSA) is 78.5 Å². The summed E-state index contributed by atoms with van der Waals surface area (Å²) in [5.41, 5.74) is 0.590. The summed E-state index contributed by atoms with van der Waals surface area (Å²) in [6.07, 6.45) is 4.33. The van der Waals surface area contributed by atoms with Crippen LogP contribution in [0.5, 0.6) is 11.5 Å². The zero-order valence-electron chi connectivity index (χ0n) is 15.7. The second kappa shape index (κ2) is 8.19. The Morgan fingerprint density at radius 3 is 2.31 bits per heavy atom. The number of carbonyl (C=O) groups is 2. The Morgan fingerprint density at radius 2 is 1.55 bits per heavy atom. The average molecular weight is 386 g/mol. The smallest absolute Gasteiger partial charge is 0.228 e. The predicted octanol–water partition coefficient (Wildman–Crippen LogP) is 3.90. The third-order valence-corrected chi connectivity index (χ3v) is 5.17. The van der Waals surface area contributed by atoms with E-state index in [-0.39, 0.29) is 5.91 Å². The van der Waals surface area contributed by atoms with Crippen LogP contribution in [0.15, 0.2) is 78.9 Å². The molecule has 0 saturated heterocycles. The van der Waals surface area contributed by atoms with Gasteiger partial charge in [-0.2, -0.15) is 0 Å². The van der Waals surface area contributed by atoms with Crippen molar-refractivity contribution in [1.82, 2.24) is 0 Å². The molecule has 0 unspecified atom stereocenters. The molecule has 0 bridgehead atoms. The number of benzene rings is 3. The molecule has 3 aromatic rings. The van der Waals surface area contributed by atoms with Gasteiger partial charge in [0, 0.05) is 23.0 Å². The van der Waals surface area contributed by atoms with Crippen LogP contribution in [0.4, 0.5) is 5.69 Å². The van der Waals surface area contributed by atoms with Gasteiger partial charge in [0.15, 0.2) is 0 Å². The first-order chi connectivity index (χ1) is 14.1. The Balaban J connectivity index is 1.46. The second-order valence-corrected chi connectivity index (χ2v) is 7.07. The summed E-state index contributed by atoms with van der Waals surface area (Å²) < 4.78 is 6.01. The van der Waals surface area contributed by atoms with E-state index >= 15 is 0 Å². The van der Waals surface area contributed by atoms with Crippen LogP contribution >= 0.6 is 0 Å². The molecule has 0 aliphatic heterocycles. The first-order valence-electron chi connectivity index (χ1n) is 9.54. The minimum atomic E-state index is -1.19. The molecule has 1 aliphatic carbocycles. The van der Waals surface area contributed by atoms with Crippen molar-refractivity contribution in [2.45, 2.75) is 12.8 Å². The van der Waals surface area contributed by atoms with Crippen LogP contribution in [-0.2, 0) is 9.59 Å². The highest BCUT2D eigenvalue weighted by molar-refractivity contribution is 5.95. The van der Waals surface area contributed by atoms with Gasteiger partial charge in [-0.15, -0.1) is 0 Å². The number of nitrogens with one attached hydrogen (secondary N) is 1. The molecule has 29 heavy (non-hydrogen) atoms. The molecule has 0 spiro atoms. The normalized spacial score (nSPS) is 18.3. The van der Waals surface area contributed by atoms with Crippen molar-refractivity contribution in [2.24, 2.45) is 11.8 Å². The monoisotopic (exact) mass is 386 g/mol. The van der Waals surface area contributed by atoms with Gasteiger partial charge in [0.05, 0.1) is 5.92 Å². The molecule has 0 heterocycles. The fraction of sp³-hybridized carbons (Fsp3) is 0.167. The molecule has 0 radical (unpaired) electrons. The van der Waals surface area contributed by atoms with E-state index in [1.54, 1.807) is 30.3 Å². The molecule has 4 rings (SSSR count). The zero-order chi connectivity index (χ0) is 20.2. The molecule has 146 valence electrons. The van der Waals surface area contributed by atoms with Crippen molar-refractivity contribution in [2.75, 3.05) is 5.32 Å².